The molecule has 0 spiro atoms. The van der Waals surface area contributed by atoms with Crippen molar-refractivity contribution in [2.45, 2.75) is 17.7 Å². The van der Waals surface area contributed by atoms with Gasteiger partial charge in [-0.1, -0.05) is 23.5 Å². The number of aromatic nitrogens is 3. The van der Waals surface area contributed by atoms with E-state index in [1.165, 1.54) is 29.3 Å². The molecule has 1 saturated heterocycles. The van der Waals surface area contributed by atoms with Crippen molar-refractivity contribution in [2.75, 3.05) is 29.6 Å². The molecule has 0 atom stereocenters. The number of halogens is 4. The first-order chi connectivity index (χ1) is 19.1. The van der Waals surface area contributed by atoms with Crippen molar-refractivity contribution in [1.82, 2.24) is 15.0 Å². The average Bonchev–Trinajstić information content (AvgIpc) is 3.53. The summed E-state index contributed by atoms with van der Waals surface area (Å²) in [6, 6.07) is 7.96. The van der Waals surface area contributed by atoms with Crippen molar-refractivity contribution in [2.24, 2.45) is 0 Å². The Morgan fingerprint density at radius 1 is 1.10 bits per heavy atom. The van der Waals surface area contributed by atoms with E-state index in [1.54, 1.807) is 0 Å². The Morgan fingerprint density at radius 3 is 2.48 bits per heavy atom. The molecule has 1 fully saturated rings. The van der Waals surface area contributed by atoms with Gasteiger partial charge in [-0.15, -0.1) is 0 Å². The van der Waals surface area contributed by atoms with Gasteiger partial charge < -0.3 is 4.74 Å². The summed E-state index contributed by atoms with van der Waals surface area (Å²) in [4.78, 5) is 25.6. The molecular formula is C25H19ClF3N5O4S2. The van der Waals surface area contributed by atoms with Crippen LogP contribution >= 0.6 is 22.9 Å². The van der Waals surface area contributed by atoms with Crippen LogP contribution in [0.25, 0.3) is 21.8 Å². The maximum absolute atomic E-state index is 16.3. The van der Waals surface area contributed by atoms with E-state index < -0.39 is 44.8 Å². The largest absolute Gasteiger partial charge is 0.363 e. The molecule has 1 amide bonds. The van der Waals surface area contributed by atoms with Crippen molar-refractivity contribution in [1.29, 1.82) is 0 Å². The zero-order chi connectivity index (χ0) is 28.6. The second kappa shape index (κ2) is 11.1. The molecule has 2 aromatic heterocycles. The SMILES string of the molecule is COCN(c1cccc(-c2nc(N3CCCC3=O)sc2-c2ccnc(Cl)n2)c1F)S(=O)(=O)c1c(F)cccc1F. The standard InChI is InChI=1S/C25H19ClF3N5O4S2/c1-38-13-34(40(36,37)23-15(27)6-3-7-16(23)28)18-8-2-5-14(20(18)29)21-22(17-10-11-30-24(26)31-17)39-25(32-21)33-12-4-9-19(33)35/h2-3,5-8,10-11H,4,9,12-13H2,1H3. The minimum Gasteiger partial charge on any atom is -0.363 e. The fourth-order valence-corrected chi connectivity index (χ4v) is 6.95. The maximum atomic E-state index is 16.3. The van der Waals surface area contributed by atoms with E-state index in [0.717, 1.165) is 42.7 Å². The highest BCUT2D eigenvalue weighted by Gasteiger charge is 2.34. The van der Waals surface area contributed by atoms with Crippen molar-refractivity contribution in [3.05, 3.63) is 71.4 Å². The summed E-state index contributed by atoms with van der Waals surface area (Å²) in [6.07, 6.45) is 2.37. The number of thiazole rings is 1. The van der Waals surface area contributed by atoms with Crippen LogP contribution in [-0.4, -0.2) is 49.7 Å². The molecule has 0 unspecified atom stereocenters. The van der Waals surface area contributed by atoms with Crippen molar-refractivity contribution in [3.63, 3.8) is 0 Å². The number of hydrogen-bond acceptors (Lipinski definition) is 8. The number of ether oxygens (including phenoxy) is 1. The summed E-state index contributed by atoms with van der Waals surface area (Å²) in [5, 5.41) is 0.219. The monoisotopic (exact) mass is 609 g/mol. The van der Waals surface area contributed by atoms with Gasteiger partial charge in [0.15, 0.2) is 15.8 Å². The van der Waals surface area contributed by atoms with Crippen molar-refractivity contribution in [3.8, 4) is 21.8 Å². The van der Waals surface area contributed by atoms with Gasteiger partial charge in [0.25, 0.3) is 10.0 Å². The zero-order valence-electron chi connectivity index (χ0n) is 20.6. The highest BCUT2D eigenvalue weighted by atomic mass is 35.5. The van der Waals surface area contributed by atoms with E-state index in [2.05, 4.69) is 15.0 Å². The van der Waals surface area contributed by atoms with Gasteiger partial charge in [0.2, 0.25) is 11.2 Å². The summed E-state index contributed by atoms with van der Waals surface area (Å²) in [6.45, 7) is -0.332. The van der Waals surface area contributed by atoms with Crippen LogP contribution in [0, 0.1) is 17.5 Å². The van der Waals surface area contributed by atoms with E-state index in [4.69, 9.17) is 16.3 Å². The lowest BCUT2D eigenvalue weighted by Gasteiger charge is -2.25. The van der Waals surface area contributed by atoms with Gasteiger partial charge in [-0.05, 0) is 48.4 Å². The number of sulfonamides is 1. The summed E-state index contributed by atoms with van der Waals surface area (Å²) < 4.78 is 77.6. The summed E-state index contributed by atoms with van der Waals surface area (Å²) in [5.74, 6) is -3.91. The molecule has 208 valence electrons. The molecule has 0 radical (unpaired) electrons. The first-order valence-corrected chi connectivity index (χ1v) is 14.3. The third-order valence-corrected chi connectivity index (χ3v) is 9.07. The predicted molar refractivity (Wildman–Crippen MR) is 143 cm³/mol. The minimum absolute atomic E-state index is 0.0562. The molecule has 0 aliphatic carbocycles. The Balaban J connectivity index is 1.69. The number of carbonyl (C=O) groups is 1. The third-order valence-electron chi connectivity index (χ3n) is 5.99. The number of hydrogen-bond donors (Lipinski definition) is 0. The number of methoxy groups -OCH3 is 1. The Bertz CT molecular complexity index is 1700. The number of rotatable bonds is 8. The fraction of sp³-hybridized carbons (Fsp3) is 0.200. The lowest BCUT2D eigenvalue weighted by Crippen LogP contribution is -2.34. The van der Waals surface area contributed by atoms with Crippen LogP contribution in [0.15, 0.2) is 53.6 Å². The van der Waals surface area contributed by atoms with E-state index in [1.807, 2.05) is 0 Å². The van der Waals surface area contributed by atoms with Crippen molar-refractivity contribution < 1.29 is 31.1 Å². The molecule has 0 N–H and O–H groups in total. The molecule has 9 nitrogen and oxygen atoms in total. The Kier molecular flexibility index (Phi) is 7.77. The van der Waals surface area contributed by atoms with Crippen LogP contribution < -0.4 is 9.21 Å². The lowest BCUT2D eigenvalue weighted by atomic mass is 10.1. The topological polar surface area (TPSA) is 106 Å². The number of anilines is 2. The molecule has 0 bridgehead atoms. The lowest BCUT2D eigenvalue weighted by molar-refractivity contribution is -0.117. The van der Waals surface area contributed by atoms with Gasteiger partial charge in [-0.3, -0.25) is 9.69 Å². The van der Waals surface area contributed by atoms with Crippen LogP contribution in [0.3, 0.4) is 0 Å². The molecule has 0 saturated carbocycles. The van der Waals surface area contributed by atoms with E-state index >= 15 is 4.39 Å². The zero-order valence-corrected chi connectivity index (χ0v) is 23.0. The van der Waals surface area contributed by atoms with Gasteiger partial charge in [-0.2, -0.15) is 0 Å². The fourth-order valence-electron chi connectivity index (χ4n) is 4.21. The Hall–Kier alpha value is -3.59. The Labute approximate surface area is 235 Å². The molecular weight excluding hydrogens is 591 g/mol. The van der Waals surface area contributed by atoms with Crippen LogP contribution in [0.4, 0.5) is 24.0 Å². The summed E-state index contributed by atoms with van der Waals surface area (Å²) in [5.41, 5.74) is -0.340. The molecule has 5 rings (SSSR count). The second-order valence-electron chi connectivity index (χ2n) is 8.49. The van der Waals surface area contributed by atoms with Gasteiger partial charge in [0.05, 0.1) is 22.0 Å². The molecule has 15 heteroatoms. The number of nitrogens with zero attached hydrogens (tertiary/aromatic N) is 5. The molecule has 40 heavy (non-hydrogen) atoms. The summed E-state index contributed by atoms with van der Waals surface area (Å²) >= 11 is 7.07. The molecule has 1 aliphatic heterocycles. The van der Waals surface area contributed by atoms with Gasteiger partial charge in [-0.25, -0.2) is 40.8 Å². The first kappa shape index (κ1) is 28.0. The third kappa shape index (κ3) is 5.03. The van der Waals surface area contributed by atoms with E-state index in [9.17, 15) is 22.0 Å². The van der Waals surface area contributed by atoms with Gasteiger partial charge in [0.1, 0.15) is 18.4 Å². The summed E-state index contributed by atoms with van der Waals surface area (Å²) in [7, 11) is -3.82. The molecule has 4 aromatic rings. The van der Waals surface area contributed by atoms with Gasteiger partial charge >= 0.3 is 0 Å². The quantitative estimate of drug-likeness (QED) is 0.198. The smallest absolute Gasteiger partial charge is 0.272 e. The van der Waals surface area contributed by atoms with Crippen LogP contribution in [0.1, 0.15) is 12.8 Å². The highest BCUT2D eigenvalue weighted by molar-refractivity contribution is 7.92. The molecule has 1 aliphatic rings. The number of benzene rings is 2. The Morgan fingerprint density at radius 2 is 1.82 bits per heavy atom. The van der Waals surface area contributed by atoms with E-state index in [0.29, 0.717) is 39.4 Å². The van der Waals surface area contributed by atoms with Crippen LogP contribution in [-0.2, 0) is 19.6 Å². The van der Waals surface area contributed by atoms with Gasteiger partial charge in [0, 0.05) is 31.8 Å². The average molecular weight is 610 g/mol. The van der Waals surface area contributed by atoms with E-state index in [-0.39, 0.29) is 22.4 Å². The number of amides is 1. The number of carbonyl (C=O) groups excluding carboxylic acids is 1. The van der Waals surface area contributed by atoms with Crippen LogP contribution in [0.5, 0.6) is 0 Å². The van der Waals surface area contributed by atoms with Crippen LogP contribution in [0.2, 0.25) is 5.28 Å². The maximum Gasteiger partial charge on any atom is 0.272 e. The molecule has 3 heterocycles. The highest BCUT2D eigenvalue weighted by Crippen LogP contribution is 2.43. The first-order valence-electron chi connectivity index (χ1n) is 11.7. The van der Waals surface area contributed by atoms with Crippen molar-refractivity contribution >= 4 is 49.7 Å². The second-order valence-corrected chi connectivity index (χ2v) is 11.6. The normalized spacial score (nSPS) is 13.7. The molecule has 2 aromatic carbocycles. The minimum atomic E-state index is -4.97. The predicted octanol–water partition coefficient (Wildman–Crippen LogP) is 5.26.